The third-order valence-electron chi connectivity index (χ3n) is 5.29. The van der Waals surface area contributed by atoms with Crippen molar-refractivity contribution in [1.82, 2.24) is 5.32 Å². The first-order valence-corrected chi connectivity index (χ1v) is 9.57. The number of hydrogen-bond acceptors (Lipinski definition) is 4. The molecule has 0 bridgehead atoms. The molecule has 3 rings (SSSR count). The number of benzene rings is 2. The van der Waals surface area contributed by atoms with Crippen molar-refractivity contribution in [3.05, 3.63) is 48.0 Å². The van der Waals surface area contributed by atoms with E-state index in [0.29, 0.717) is 28.9 Å². The molecule has 6 heteroatoms. The Morgan fingerprint density at radius 1 is 0.893 bits per heavy atom. The average molecular weight is 384 g/mol. The van der Waals surface area contributed by atoms with Gasteiger partial charge in [0.2, 0.25) is 0 Å². The zero-order valence-corrected chi connectivity index (χ0v) is 16.7. The van der Waals surface area contributed by atoms with Crippen LogP contribution in [0.5, 0.6) is 17.2 Å². The molecule has 0 heterocycles. The fraction of sp³-hybridized carbons (Fsp3) is 0.409. The van der Waals surface area contributed by atoms with Crippen molar-refractivity contribution in [3.8, 4) is 17.2 Å². The van der Waals surface area contributed by atoms with Crippen LogP contribution in [0.25, 0.3) is 0 Å². The van der Waals surface area contributed by atoms with Crippen molar-refractivity contribution in [1.29, 1.82) is 0 Å². The molecule has 1 aliphatic carbocycles. The second-order valence-corrected chi connectivity index (χ2v) is 6.96. The number of nitrogens with one attached hydrogen (secondary N) is 2. The molecule has 0 aromatic heterocycles. The summed E-state index contributed by atoms with van der Waals surface area (Å²) in [5, 5.41) is 5.95. The van der Waals surface area contributed by atoms with Crippen LogP contribution in [0.2, 0.25) is 0 Å². The average Bonchev–Trinajstić information content (AvgIpc) is 2.74. The van der Waals surface area contributed by atoms with E-state index in [9.17, 15) is 4.79 Å². The summed E-state index contributed by atoms with van der Waals surface area (Å²) < 4.78 is 16.0. The predicted octanol–water partition coefficient (Wildman–Crippen LogP) is 4.56. The lowest BCUT2D eigenvalue weighted by molar-refractivity contribution is 0.242. The second-order valence-electron chi connectivity index (χ2n) is 6.96. The maximum atomic E-state index is 12.6. The number of urea groups is 1. The number of hydrogen-bond donors (Lipinski definition) is 2. The summed E-state index contributed by atoms with van der Waals surface area (Å²) in [5.41, 5.74) is 1.87. The van der Waals surface area contributed by atoms with Gasteiger partial charge in [-0.25, -0.2) is 4.79 Å². The smallest absolute Gasteiger partial charge is 0.319 e. The lowest BCUT2D eigenvalue weighted by Gasteiger charge is -2.29. The van der Waals surface area contributed by atoms with E-state index in [0.717, 1.165) is 25.7 Å². The van der Waals surface area contributed by atoms with Crippen molar-refractivity contribution in [2.75, 3.05) is 26.6 Å². The molecule has 0 radical (unpaired) electrons. The van der Waals surface area contributed by atoms with Gasteiger partial charge in [0.1, 0.15) is 22.9 Å². The summed E-state index contributed by atoms with van der Waals surface area (Å²) in [6.07, 6.45) is 4.07. The van der Waals surface area contributed by atoms with Crippen LogP contribution in [0.3, 0.4) is 0 Å². The van der Waals surface area contributed by atoms with Crippen molar-refractivity contribution < 1.29 is 19.0 Å². The largest absolute Gasteiger partial charge is 0.496 e. The van der Waals surface area contributed by atoms with Crippen LogP contribution < -0.4 is 24.8 Å². The van der Waals surface area contributed by atoms with E-state index in [-0.39, 0.29) is 12.1 Å². The van der Waals surface area contributed by atoms with Gasteiger partial charge in [-0.15, -0.1) is 0 Å². The molecular weight excluding hydrogens is 356 g/mol. The van der Waals surface area contributed by atoms with Gasteiger partial charge in [-0.05, 0) is 37.2 Å². The van der Waals surface area contributed by atoms with Gasteiger partial charge >= 0.3 is 6.03 Å². The van der Waals surface area contributed by atoms with E-state index in [1.54, 1.807) is 33.5 Å². The maximum Gasteiger partial charge on any atom is 0.319 e. The van der Waals surface area contributed by atoms with Crippen LogP contribution >= 0.6 is 0 Å². The van der Waals surface area contributed by atoms with Gasteiger partial charge in [-0.3, -0.25) is 0 Å². The monoisotopic (exact) mass is 384 g/mol. The molecule has 1 aliphatic rings. The Balaban J connectivity index is 1.59. The Morgan fingerprint density at radius 3 is 2.04 bits per heavy atom. The van der Waals surface area contributed by atoms with E-state index in [4.69, 9.17) is 14.2 Å². The highest BCUT2D eigenvalue weighted by Gasteiger charge is 2.24. The van der Waals surface area contributed by atoms with E-state index < -0.39 is 0 Å². The van der Waals surface area contributed by atoms with Crippen LogP contribution in [-0.4, -0.2) is 33.4 Å². The molecule has 0 saturated heterocycles. The molecule has 2 aromatic rings. The zero-order chi connectivity index (χ0) is 19.9. The molecule has 2 N–H and O–H groups in total. The minimum Gasteiger partial charge on any atom is -0.496 e. The van der Waals surface area contributed by atoms with Crippen molar-refractivity contribution in [3.63, 3.8) is 0 Å². The maximum absolute atomic E-state index is 12.6. The van der Waals surface area contributed by atoms with Gasteiger partial charge in [-0.2, -0.15) is 0 Å². The molecule has 0 spiro atoms. The summed E-state index contributed by atoms with van der Waals surface area (Å²) >= 11 is 0. The number of rotatable bonds is 6. The number of ether oxygens (including phenoxy) is 3. The summed E-state index contributed by atoms with van der Waals surface area (Å²) in [6, 6.07) is 13.9. The Morgan fingerprint density at radius 2 is 1.50 bits per heavy atom. The number of anilines is 1. The van der Waals surface area contributed by atoms with Crippen molar-refractivity contribution >= 4 is 11.7 Å². The highest BCUT2D eigenvalue weighted by atomic mass is 16.5. The van der Waals surface area contributed by atoms with Gasteiger partial charge in [0.05, 0.1) is 21.3 Å². The van der Waals surface area contributed by atoms with Crippen LogP contribution in [0, 0.1) is 0 Å². The van der Waals surface area contributed by atoms with Crippen LogP contribution in [0.1, 0.15) is 37.2 Å². The molecule has 6 nitrogen and oxygen atoms in total. The lowest BCUT2D eigenvalue weighted by Crippen LogP contribution is -2.40. The number of carbonyl (C=O) groups is 1. The summed E-state index contributed by atoms with van der Waals surface area (Å²) in [5.74, 6) is 2.14. The Labute approximate surface area is 166 Å². The quantitative estimate of drug-likeness (QED) is 0.766. The topological polar surface area (TPSA) is 68.8 Å². The van der Waals surface area contributed by atoms with E-state index in [1.807, 2.05) is 6.07 Å². The van der Waals surface area contributed by atoms with Gasteiger partial charge in [0.15, 0.2) is 0 Å². The van der Waals surface area contributed by atoms with Crippen molar-refractivity contribution in [2.45, 2.75) is 37.6 Å². The number of carbonyl (C=O) groups excluding carboxylic acids is 1. The van der Waals surface area contributed by atoms with Gasteiger partial charge in [0.25, 0.3) is 0 Å². The first kappa shape index (κ1) is 19.9. The van der Waals surface area contributed by atoms with Gasteiger partial charge < -0.3 is 24.8 Å². The number of methoxy groups -OCH3 is 3. The summed E-state index contributed by atoms with van der Waals surface area (Å²) in [6.45, 7) is 0. The van der Waals surface area contributed by atoms with Crippen molar-refractivity contribution in [2.24, 2.45) is 0 Å². The SMILES string of the molecule is COc1cc(OC)c(NC(=O)NC2CCC(c3ccccc3)CC2)c(OC)c1. The van der Waals surface area contributed by atoms with Crippen LogP contribution in [0.4, 0.5) is 10.5 Å². The molecule has 28 heavy (non-hydrogen) atoms. The molecule has 0 unspecified atom stereocenters. The van der Waals surface area contributed by atoms with E-state index in [2.05, 4.69) is 34.9 Å². The lowest BCUT2D eigenvalue weighted by atomic mass is 9.82. The molecule has 1 fully saturated rings. The first-order valence-electron chi connectivity index (χ1n) is 9.57. The Bertz CT molecular complexity index is 761. The Hall–Kier alpha value is -2.89. The fourth-order valence-corrected chi connectivity index (χ4v) is 3.76. The molecule has 1 saturated carbocycles. The zero-order valence-electron chi connectivity index (χ0n) is 16.7. The third-order valence-corrected chi connectivity index (χ3v) is 5.29. The van der Waals surface area contributed by atoms with Gasteiger partial charge in [0, 0.05) is 18.2 Å². The predicted molar refractivity (Wildman–Crippen MR) is 110 cm³/mol. The minimum absolute atomic E-state index is 0.162. The fourth-order valence-electron chi connectivity index (χ4n) is 3.76. The summed E-state index contributed by atoms with van der Waals surface area (Å²) in [7, 11) is 4.66. The van der Waals surface area contributed by atoms with Gasteiger partial charge in [-0.1, -0.05) is 30.3 Å². The van der Waals surface area contributed by atoms with Crippen LogP contribution in [-0.2, 0) is 0 Å². The molecule has 2 amide bonds. The highest BCUT2D eigenvalue weighted by molar-refractivity contribution is 5.93. The van der Waals surface area contributed by atoms with Crippen LogP contribution in [0.15, 0.2) is 42.5 Å². The molecule has 2 aromatic carbocycles. The number of amides is 2. The normalized spacial score (nSPS) is 18.8. The standard InChI is InChI=1S/C22H28N2O4/c1-26-18-13-19(27-2)21(20(14-18)28-3)24-22(25)23-17-11-9-16(10-12-17)15-7-5-4-6-8-15/h4-8,13-14,16-17H,9-12H2,1-3H3,(H2,23,24,25). The van der Waals surface area contributed by atoms with E-state index >= 15 is 0 Å². The second kappa shape index (κ2) is 9.35. The third kappa shape index (κ3) is 4.68. The highest BCUT2D eigenvalue weighted by Crippen LogP contribution is 2.39. The first-order chi connectivity index (χ1) is 13.6. The minimum atomic E-state index is -0.259. The molecule has 0 atom stereocenters. The molecule has 0 aliphatic heterocycles. The molecule has 150 valence electrons. The molecular formula is C22H28N2O4. The van der Waals surface area contributed by atoms with E-state index in [1.165, 1.54) is 5.56 Å². The Kier molecular flexibility index (Phi) is 6.63. The summed E-state index contributed by atoms with van der Waals surface area (Å²) in [4.78, 5) is 12.6.